The van der Waals surface area contributed by atoms with Crippen molar-refractivity contribution < 1.29 is 19.2 Å². The number of aldehydes is 1. The smallest absolute Gasteiger partial charge is 0.276 e. The van der Waals surface area contributed by atoms with Crippen molar-refractivity contribution in [3.63, 3.8) is 0 Å². The highest BCUT2D eigenvalue weighted by molar-refractivity contribution is 5.80. The first-order valence-corrected chi connectivity index (χ1v) is 5.54. The van der Waals surface area contributed by atoms with Crippen LogP contribution in [-0.4, -0.2) is 23.9 Å². The second-order valence-electron chi connectivity index (χ2n) is 3.68. The molecule has 1 heterocycles. The molecule has 0 aromatic heterocycles. The molecule has 0 bridgehead atoms. The van der Waals surface area contributed by atoms with Crippen LogP contribution in [0.1, 0.15) is 20.3 Å². The highest BCUT2D eigenvalue weighted by atomic mass is 16.6. The minimum atomic E-state index is -0.719. The first-order valence-electron chi connectivity index (χ1n) is 5.54. The number of hydrogen-bond donors (Lipinski definition) is 0. The highest BCUT2D eigenvalue weighted by Gasteiger charge is 2.29. The van der Waals surface area contributed by atoms with E-state index in [-0.39, 0.29) is 17.4 Å². The van der Waals surface area contributed by atoms with Gasteiger partial charge in [0.15, 0.2) is 17.8 Å². The van der Waals surface area contributed by atoms with Crippen molar-refractivity contribution in [3.05, 3.63) is 45.6 Å². The molecule has 1 unspecified atom stereocenters. The molecule has 18 heavy (non-hydrogen) atoms. The molecule has 1 rings (SSSR count). The minimum Gasteiger partial charge on any atom is -0.486 e. The van der Waals surface area contributed by atoms with Gasteiger partial charge in [0.2, 0.25) is 0 Å². The van der Waals surface area contributed by atoms with Crippen LogP contribution >= 0.6 is 0 Å². The maximum Gasteiger partial charge on any atom is 0.276 e. The van der Waals surface area contributed by atoms with E-state index in [0.29, 0.717) is 25.1 Å². The summed E-state index contributed by atoms with van der Waals surface area (Å²) >= 11 is 0. The van der Waals surface area contributed by atoms with Crippen LogP contribution in [-0.2, 0) is 14.3 Å². The standard InChI is InChI=1S/C12H15NO5/c1-4-9-7-17-11(5-2)12(18-9)10(6-14)8(3)13(15)16/h5-6,9H,3-4,7H2,1-2H3/b11-5+,12-10+. The van der Waals surface area contributed by atoms with Crippen molar-refractivity contribution in [2.45, 2.75) is 26.4 Å². The maximum absolute atomic E-state index is 11.0. The zero-order valence-electron chi connectivity index (χ0n) is 10.3. The van der Waals surface area contributed by atoms with Gasteiger partial charge in [0.25, 0.3) is 5.70 Å². The zero-order valence-corrected chi connectivity index (χ0v) is 10.3. The van der Waals surface area contributed by atoms with Gasteiger partial charge in [0, 0.05) is 0 Å². The van der Waals surface area contributed by atoms with Crippen LogP contribution in [0.4, 0.5) is 0 Å². The van der Waals surface area contributed by atoms with Gasteiger partial charge in [-0.05, 0) is 26.0 Å². The Balaban J connectivity index is 3.22. The molecule has 0 amide bonds. The number of nitro groups is 1. The third-order valence-corrected chi connectivity index (χ3v) is 2.54. The number of allylic oxidation sites excluding steroid dienone is 2. The van der Waals surface area contributed by atoms with E-state index in [1.165, 1.54) is 0 Å². The molecule has 6 nitrogen and oxygen atoms in total. The summed E-state index contributed by atoms with van der Waals surface area (Å²) in [4.78, 5) is 21.0. The number of carbonyl (C=O) groups excluding carboxylic acids is 1. The predicted molar refractivity (Wildman–Crippen MR) is 64.1 cm³/mol. The number of hydrogen-bond acceptors (Lipinski definition) is 5. The molecule has 0 aromatic rings. The molecule has 98 valence electrons. The third-order valence-electron chi connectivity index (χ3n) is 2.54. The molecule has 0 saturated carbocycles. The van der Waals surface area contributed by atoms with Crippen LogP contribution in [0.5, 0.6) is 0 Å². The van der Waals surface area contributed by atoms with Gasteiger partial charge >= 0.3 is 0 Å². The molecular formula is C12H15NO5. The molecule has 0 aromatic carbocycles. The van der Waals surface area contributed by atoms with Crippen molar-refractivity contribution in [2.24, 2.45) is 0 Å². The fraction of sp³-hybridized carbons (Fsp3) is 0.417. The first kappa shape index (κ1) is 14.0. The van der Waals surface area contributed by atoms with Crippen molar-refractivity contribution in [1.82, 2.24) is 0 Å². The number of nitrogens with zero attached hydrogens (tertiary/aromatic N) is 1. The molecule has 1 aliphatic heterocycles. The van der Waals surface area contributed by atoms with Gasteiger partial charge in [0.05, 0.1) is 4.92 Å². The molecule has 6 heteroatoms. The van der Waals surface area contributed by atoms with Crippen molar-refractivity contribution in [3.8, 4) is 0 Å². The highest BCUT2D eigenvalue weighted by Crippen LogP contribution is 2.28. The second-order valence-corrected chi connectivity index (χ2v) is 3.68. The Morgan fingerprint density at radius 2 is 2.33 bits per heavy atom. The monoisotopic (exact) mass is 253 g/mol. The van der Waals surface area contributed by atoms with Crippen LogP contribution in [0.25, 0.3) is 0 Å². The van der Waals surface area contributed by atoms with Gasteiger partial charge in [0.1, 0.15) is 18.3 Å². The number of rotatable bonds is 4. The van der Waals surface area contributed by atoms with Gasteiger partial charge in [-0.15, -0.1) is 0 Å². The van der Waals surface area contributed by atoms with Gasteiger partial charge in [-0.25, -0.2) is 0 Å². The Morgan fingerprint density at radius 3 is 2.78 bits per heavy atom. The molecule has 0 spiro atoms. The lowest BCUT2D eigenvalue weighted by molar-refractivity contribution is -0.419. The molecule has 0 radical (unpaired) electrons. The SMILES string of the molecule is C=C(/C(C=O)=C1/OC(CC)CO/C1=C/C)[N+](=O)[O-]. The van der Waals surface area contributed by atoms with E-state index in [0.717, 1.165) is 0 Å². The molecular weight excluding hydrogens is 238 g/mol. The average Bonchev–Trinajstić information content (AvgIpc) is 2.39. The van der Waals surface area contributed by atoms with E-state index >= 15 is 0 Å². The normalized spacial score (nSPS) is 23.9. The summed E-state index contributed by atoms with van der Waals surface area (Å²) in [5.41, 5.74) is -0.689. The fourth-order valence-corrected chi connectivity index (χ4v) is 1.47. The van der Waals surface area contributed by atoms with Crippen LogP contribution < -0.4 is 0 Å². The van der Waals surface area contributed by atoms with Gasteiger partial charge in [-0.2, -0.15) is 0 Å². The van der Waals surface area contributed by atoms with E-state index in [2.05, 4.69) is 6.58 Å². The van der Waals surface area contributed by atoms with Crippen molar-refractivity contribution in [1.29, 1.82) is 0 Å². The molecule has 0 N–H and O–H groups in total. The largest absolute Gasteiger partial charge is 0.486 e. The van der Waals surface area contributed by atoms with Crippen LogP contribution in [0, 0.1) is 10.1 Å². The molecule has 1 saturated heterocycles. The van der Waals surface area contributed by atoms with Gasteiger partial charge in [-0.3, -0.25) is 14.9 Å². The van der Waals surface area contributed by atoms with Crippen LogP contribution in [0.3, 0.4) is 0 Å². The number of carbonyl (C=O) groups is 1. The van der Waals surface area contributed by atoms with Crippen molar-refractivity contribution in [2.75, 3.05) is 6.61 Å². The summed E-state index contributed by atoms with van der Waals surface area (Å²) in [5, 5.41) is 10.7. The summed E-state index contributed by atoms with van der Waals surface area (Å²) < 4.78 is 11.0. The minimum absolute atomic E-state index is 0.0901. The lowest BCUT2D eigenvalue weighted by atomic mass is 10.1. The van der Waals surface area contributed by atoms with E-state index in [4.69, 9.17) is 9.47 Å². The lowest BCUT2D eigenvalue weighted by Gasteiger charge is -2.28. The lowest BCUT2D eigenvalue weighted by Crippen LogP contribution is -2.27. The molecule has 1 aliphatic rings. The van der Waals surface area contributed by atoms with Gasteiger partial charge in [-0.1, -0.05) is 6.92 Å². The summed E-state index contributed by atoms with van der Waals surface area (Å²) in [6.07, 6.45) is 2.42. The molecule has 1 fully saturated rings. The zero-order chi connectivity index (χ0) is 13.7. The summed E-state index contributed by atoms with van der Waals surface area (Å²) in [6.45, 7) is 7.22. The van der Waals surface area contributed by atoms with E-state index in [1.54, 1.807) is 13.0 Å². The topological polar surface area (TPSA) is 78.7 Å². The van der Waals surface area contributed by atoms with Gasteiger partial charge < -0.3 is 9.47 Å². The maximum atomic E-state index is 11.0. The Morgan fingerprint density at radius 1 is 1.67 bits per heavy atom. The summed E-state index contributed by atoms with van der Waals surface area (Å²) in [7, 11) is 0. The average molecular weight is 253 g/mol. The molecule has 0 aliphatic carbocycles. The Bertz CT molecular complexity index is 436. The summed E-state index contributed by atoms with van der Waals surface area (Å²) in [5.74, 6) is 0.414. The van der Waals surface area contributed by atoms with Crippen molar-refractivity contribution >= 4 is 6.29 Å². The molecule has 1 atom stereocenters. The fourth-order valence-electron chi connectivity index (χ4n) is 1.47. The van der Waals surface area contributed by atoms with E-state index in [9.17, 15) is 14.9 Å². The Kier molecular flexibility index (Phi) is 4.65. The van der Waals surface area contributed by atoms with Crippen LogP contribution in [0.2, 0.25) is 0 Å². The Hall–Kier alpha value is -2.11. The Labute approximate surface area is 105 Å². The second kappa shape index (κ2) is 6.00. The predicted octanol–water partition coefficient (Wildman–Crippen LogP) is 1.96. The van der Waals surface area contributed by atoms with E-state index < -0.39 is 10.6 Å². The quantitative estimate of drug-likeness (QED) is 0.331. The third kappa shape index (κ3) is 2.77. The van der Waals surface area contributed by atoms with E-state index in [1.807, 2.05) is 6.92 Å². The number of ether oxygens (including phenoxy) is 2. The summed E-state index contributed by atoms with van der Waals surface area (Å²) in [6, 6.07) is 0. The first-order chi connectivity index (χ1) is 8.54. The van der Waals surface area contributed by atoms with Crippen LogP contribution in [0.15, 0.2) is 35.4 Å².